The van der Waals surface area contributed by atoms with Crippen LogP contribution in [0.3, 0.4) is 0 Å². The quantitative estimate of drug-likeness (QED) is 0.799. The molecule has 23 heavy (non-hydrogen) atoms. The smallest absolute Gasteiger partial charge is 0.261 e. The Labute approximate surface area is 139 Å². The fraction of sp³-hybridized carbons (Fsp3) is 0.235. The van der Waals surface area contributed by atoms with Crippen molar-refractivity contribution in [1.82, 2.24) is 20.1 Å². The highest BCUT2D eigenvalue weighted by Crippen LogP contribution is 2.22. The van der Waals surface area contributed by atoms with Crippen LogP contribution in [0.25, 0.3) is 5.69 Å². The second kappa shape index (κ2) is 6.34. The number of nitrogens with one attached hydrogen (secondary N) is 1. The standard InChI is InChI=1S/C17H18N4OS/c1-11-8-16(23-13(11)3)17(22)20-12(2)14-4-6-15(7-5-14)21-10-18-9-19-21/h4-10,12H,1-3H3,(H,20,22)/t12-/m0/s1. The molecule has 1 N–H and O–H groups in total. The number of carbonyl (C=O) groups excluding carboxylic acids is 1. The van der Waals surface area contributed by atoms with Crippen molar-refractivity contribution in [3.63, 3.8) is 0 Å². The molecule has 118 valence electrons. The minimum absolute atomic E-state index is 0.0287. The third-order valence-electron chi connectivity index (χ3n) is 3.81. The minimum Gasteiger partial charge on any atom is -0.345 e. The van der Waals surface area contributed by atoms with Gasteiger partial charge in [0, 0.05) is 4.88 Å². The molecule has 3 rings (SSSR count). The summed E-state index contributed by atoms with van der Waals surface area (Å²) in [5, 5.41) is 7.14. The summed E-state index contributed by atoms with van der Waals surface area (Å²) in [6, 6.07) is 9.79. The van der Waals surface area contributed by atoms with Crippen LogP contribution < -0.4 is 5.32 Å². The summed E-state index contributed by atoms with van der Waals surface area (Å²) < 4.78 is 1.70. The highest BCUT2D eigenvalue weighted by atomic mass is 32.1. The summed E-state index contributed by atoms with van der Waals surface area (Å²) in [5.74, 6) is -0.0287. The van der Waals surface area contributed by atoms with Crippen molar-refractivity contribution in [2.45, 2.75) is 26.8 Å². The lowest BCUT2D eigenvalue weighted by molar-refractivity contribution is 0.0944. The fourth-order valence-electron chi connectivity index (χ4n) is 2.29. The molecule has 0 fully saturated rings. The molecule has 1 atom stereocenters. The number of hydrogen-bond acceptors (Lipinski definition) is 4. The number of amides is 1. The molecule has 2 heterocycles. The SMILES string of the molecule is Cc1cc(C(=O)N[C@@H](C)c2ccc(-n3cncn3)cc2)sc1C. The highest BCUT2D eigenvalue weighted by Gasteiger charge is 2.14. The van der Waals surface area contributed by atoms with Gasteiger partial charge in [0.25, 0.3) is 5.91 Å². The van der Waals surface area contributed by atoms with Crippen LogP contribution in [-0.2, 0) is 0 Å². The normalized spacial score (nSPS) is 12.1. The molecule has 0 aliphatic heterocycles. The lowest BCUT2D eigenvalue weighted by atomic mass is 10.1. The zero-order chi connectivity index (χ0) is 16.4. The molecule has 0 bridgehead atoms. The van der Waals surface area contributed by atoms with Crippen molar-refractivity contribution in [3.8, 4) is 5.69 Å². The lowest BCUT2D eigenvalue weighted by Gasteiger charge is -2.14. The number of aryl methyl sites for hydroxylation is 2. The fourth-order valence-corrected chi connectivity index (χ4v) is 3.23. The van der Waals surface area contributed by atoms with Crippen molar-refractivity contribution in [2.24, 2.45) is 0 Å². The first-order valence-corrected chi connectivity index (χ1v) is 8.19. The van der Waals surface area contributed by atoms with E-state index in [9.17, 15) is 4.79 Å². The Bertz CT molecular complexity index is 786. The summed E-state index contributed by atoms with van der Waals surface area (Å²) in [7, 11) is 0. The van der Waals surface area contributed by atoms with Crippen molar-refractivity contribution >= 4 is 17.2 Å². The monoisotopic (exact) mass is 326 g/mol. The van der Waals surface area contributed by atoms with E-state index in [-0.39, 0.29) is 11.9 Å². The van der Waals surface area contributed by atoms with Gasteiger partial charge in [-0.25, -0.2) is 9.67 Å². The largest absolute Gasteiger partial charge is 0.345 e. The van der Waals surface area contributed by atoms with E-state index in [1.165, 1.54) is 22.5 Å². The van der Waals surface area contributed by atoms with Crippen molar-refractivity contribution in [1.29, 1.82) is 0 Å². The molecule has 1 amide bonds. The van der Waals surface area contributed by atoms with E-state index < -0.39 is 0 Å². The Hall–Kier alpha value is -2.47. The molecule has 3 aromatic rings. The second-order valence-corrected chi connectivity index (χ2v) is 6.73. The summed E-state index contributed by atoms with van der Waals surface area (Å²) in [6.07, 6.45) is 3.16. The van der Waals surface area contributed by atoms with Gasteiger partial charge in [-0.1, -0.05) is 12.1 Å². The average molecular weight is 326 g/mol. The number of hydrogen-bond donors (Lipinski definition) is 1. The number of rotatable bonds is 4. The Balaban J connectivity index is 1.70. The molecule has 2 aromatic heterocycles. The van der Waals surface area contributed by atoms with Gasteiger partial charge in [0.15, 0.2) is 0 Å². The van der Waals surface area contributed by atoms with Crippen LogP contribution in [0.15, 0.2) is 43.0 Å². The van der Waals surface area contributed by atoms with Crippen LogP contribution in [0.1, 0.15) is 38.6 Å². The molecule has 6 heteroatoms. The first-order valence-electron chi connectivity index (χ1n) is 7.37. The molecule has 0 saturated carbocycles. The van der Waals surface area contributed by atoms with Crippen molar-refractivity contribution < 1.29 is 4.79 Å². The van der Waals surface area contributed by atoms with Gasteiger partial charge in [0.1, 0.15) is 12.7 Å². The van der Waals surface area contributed by atoms with E-state index in [1.54, 1.807) is 11.0 Å². The van der Waals surface area contributed by atoms with E-state index in [1.807, 2.05) is 51.1 Å². The molecule has 5 nitrogen and oxygen atoms in total. The van der Waals surface area contributed by atoms with Gasteiger partial charge in [-0.3, -0.25) is 4.79 Å². The Morgan fingerprint density at radius 2 is 2.00 bits per heavy atom. The number of thiophene rings is 1. The van der Waals surface area contributed by atoms with Gasteiger partial charge >= 0.3 is 0 Å². The maximum absolute atomic E-state index is 12.3. The molecule has 1 aromatic carbocycles. The van der Waals surface area contributed by atoms with Gasteiger partial charge in [0.2, 0.25) is 0 Å². The topological polar surface area (TPSA) is 59.8 Å². The third kappa shape index (κ3) is 3.32. The van der Waals surface area contributed by atoms with E-state index in [0.29, 0.717) is 0 Å². The number of carbonyl (C=O) groups is 1. The lowest BCUT2D eigenvalue weighted by Crippen LogP contribution is -2.25. The van der Waals surface area contributed by atoms with Crippen molar-refractivity contribution in [2.75, 3.05) is 0 Å². The summed E-state index contributed by atoms with van der Waals surface area (Å²) in [5.41, 5.74) is 3.14. The predicted octanol–water partition coefficient (Wildman–Crippen LogP) is 3.44. The third-order valence-corrected chi connectivity index (χ3v) is 4.97. The van der Waals surface area contributed by atoms with Crippen LogP contribution in [0.2, 0.25) is 0 Å². The van der Waals surface area contributed by atoms with E-state index >= 15 is 0 Å². The van der Waals surface area contributed by atoms with Gasteiger partial charge in [-0.05, 0) is 50.1 Å². The summed E-state index contributed by atoms with van der Waals surface area (Å²) in [4.78, 5) is 18.2. The van der Waals surface area contributed by atoms with Crippen LogP contribution in [-0.4, -0.2) is 20.7 Å². The van der Waals surface area contributed by atoms with E-state index in [2.05, 4.69) is 15.4 Å². The molecule has 0 aliphatic rings. The number of aromatic nitrogens is 3. The van der Waals surface area contributed by atoms with Crippen molar-refractivity contribution in [3.05, 3.63) is 63.9 Å². The molecule has 0 unspecified atom stereocenters. The first kappa shape index (κ1) is 15.4. The minimum atomic E-state index is -0.0602. The van der Waals surface area contributed by atoms with Gasteiger partial charge in [0.05, 0.1) is 16.6 Å². The maximum atomic E-state index is 12.3. The highest BCUT2D eigenvalue weighted by molar-refractivity contribution is 7.14. The molecule has 0 radical (unpaired) electrons. The second-order valence-electron chi connectivity index (χ2n) is 5.48. The zero-order valence-corrected chi connectivity index (χ0v) is 14.1. The van der Waals surface area contributed by atoms with Crippen LogP contribution >= 0.6 is 11.3 Å². The predicted molar refractivity (Wildman–Crippen MR) is 91.0 cm³/mol. The Morgan fingerprint density at radius 3 is 2.57 bits per heavy atom. The number of nitrogens with zero attached hydrogens (tertiary/aromatic N) is 3. The van der Waals surface area contributed by atoms with Gasteiger partial charge in [-0.2, -0.15) is 5.10 Å². The Morgan fingerprint density at radius 1 is 1.26 bits per heavy atom. The van der Waals surface area contributed by atoms with Crippen LogP contribution in [0, 0.1) is 13.8 Å². The summed E-state index contributed by atoms with van der Waals surface area (Å²) >= 11 is 1.53. The van der Waals surface area contributed by atoms with Gasteiger partial charge < -0.3 is 5.32 Å². The van der Waals surface area contributed by atoms with Crippen LogP contribution in [0.5, 0.6) is 0 Å². The first-order chi connectivity index (χ1) is 11.0. The van der Waals surface area contributed by atoms with Crippen LogP contribution in [0.4, 0.5) is 0 Å². The van der Waals surface area contributed by atoms with E-state index in [4.69, 9.17) is 0 Å². The molecular weight excluding hydrogens is 308 g/mol. The van der Waals surface area contributed by atoms with E-state index in [0.717, 1.165) is 21.7 Å². The Kier molecular flexibility index (Phi) is 4.25. The molecule has 0 aliphatic carbocycles. The molecular formula is C17H18N4OS. The zero-order valence-electron chi connectivity index (χ0n) is 13.3. The van der Waals surface area contributed by atoms with Gasteiger partial charge in [-0.15, -0.1) is 11.3 Å². The maximum Gasteiger partial charge on any atom is 0.261 e. The number of benzene rings is 1. The molecule has 0 saturated heterocycles. The summed E-state index contributed by atoms with van der Waals surface area (Å²) in [6.45, 7) is 6.04. The molecule has 0 spiro atoms. The average Bonchev–Trinajstić information content (AvgIpc) is 3.18.